The molecule has 1 aliphatic rings. The number of anilines is 1. The number of benzene rings is 3. The number of nitrogens with zero attached hydrogens (tertiary/aromatic N) is 1. The van der Waals surface area contributed by atoms with Crippen molar-refractivity contribution in [1.29, 1.82) is 0 Å². The summed E-state index contributed by atoms with van der Waals surface area (Å²) in [5.74, 6) is 1.08. The number of hydrogen-bond donors (Lipinski definition) is 3. The highest BCUT2D eigenvalue weighted by Gasteiger charge is 2.46. The van der Waals surface area contributed by atoms with Gasteiger partial charge in [0.25, 0.3) is 0 Å². The van der Waals surface area contributed by atoms with E-state index in [9.17, 15) is 26.7 Å². The van der Waals surface area contributed by atoms with Crippen LogP contribution in [0, 0.1) is 0 Å². The van der Waals surface area contributed by atoms with E-state index >= 15 is 0 Å². The lowest BCUT2D eigenvalue weighted by molar-refractivity contribution is -0.0429. The summed E-state index contributed by atoms with van der Waals surface area (Å²) in [5, 5.41) is 10.6. The number of aromatic amines is 1. The number of rotatable bonds is 6. The Morgan fingerprint density at radius 1 is 1.00 bits per heavy atom. The summed E-state index contributed by atoms with van der Waals surface area (Å²) in [5.41, 5.74) is -1.22. The third-order valence-corrected chi connectivity index (χ3v) is 7.55. The average Bonchev–Trinajstić information content (AvgIpc) is 3.49. The predicted molar refractivity (Wildman–Crippen MR) is 132 cm³/mol. The molecule has 1 fully saturated rings. The Labute approximate surface area is 206 Å². The van der Waals surface area contributed by atoms with Crippen molar-refractivity contribution in [1.82, 2.24) is 9.97 Å². The lowest BCUT2D eigenvalue weighted by atomic mass is 9.89. The number of nitrogens with one attached hydrogen (secondary N) is 2. The van der Waals surface area contributed by atoms with Gasteiger partial charge in [0.15, 0.2) is 0 Å². The summed E-state index contributed by atoms with van der Waals surface area (Å²) < 4.78 is 61.9. The third-order valence-electron chi connectivity index (χ3n) is 6.44. The number of imidazole rings is 1. The number of H-pyrrole nitrogens is 1. The molecule has 5 rings (SSSR count). The average molecular weight is 516 g/mol. The third kappa shape index (κ3) is 4.58. The first-order valence-corrected chi connectivity index (χ1v) is 12.8. The number of aromatic nitrogens is 2. The Kier molecular flexibility index (Phi) is 5.64. The molecule has 0 radical (unpaired) electrons. The van der Waals surface area contributed by atoms with Gasteiger partial charge in [0.2, 0.25) is 0 Å². The Morgan fingerprint density at radius 3 is 2.36 bits per heavy atom. The molecule has 4 aromatic rings. The highest BCUT2D eigenvalue weighted by Crippen LogP contribution is 2.54. The lowest BCUT2D eigenvalue weighted by Gasteiger charge is -2.21. The van der Waals surface area contributed by atoms with Gasteiger partial charge in [-0.1, -0.05) is 42.5 Å². The van der Waals surface area contributed by atoms with Gasteiger partial charge in [0.1, 0.15) is 5.82 Å². The molecular weight excluding hydrogens is 491 g/mol. The van der Waals surface area contributed by atoms with Gasteiger partial charge in [-0.15, -0.1) is 0 Å². The summed E-state index contributed by atoms with van der Waals surface area (Å²) >= 11 is 0. The molecule has 36 heavy (non-hydrogen) atoms. The van der Waals surface area contributed by atoms with Crippen molar-refractivity contribution in [2.24, 2.45) is 0 Å². The van der Waals surface area contributed by atoms with Crippen LogP contribution in [0.2, 0.25) is 0 Å². The summed E-state index contributed by atoms with van der Waals surface area (Å²) in [4.78, 5) is 8.15. The number of halogens is 3. The zero-order chi connectivity index (χ0) is 25.9. The minimum atomic E-state index is -5.45. The first-order chi connectivity index (χ1) is 16.8. The first kappa shape index (κ1) is 24.3. The molecule has 0 bridgehead atoms. The minimum absolute atomic E-state index is 0.127. The molecule has 1 aromatic heterocycles. The normalized spacial score (nSPS) is 18.4. The smallest absolute Gasteiger partial charge is 0.386 e. The molecular formula is C26H24F3N3O3S. The van der Waals surface area contributed by atoms with Crippen LogP contribution in [0.25, 0.3) is 22.2 Å². The Morgan fingerprint density at radius 2 is 1.69 bits per heavy atom. The summed E-state index contributed by atoms with van der Waals surface area (Å²) in [6, 6.07) is 19.6. The molecule has 6 nitrogen and oxygen atoms in total. The number of alkyl halides is 3. The standard InChI is InChI=1S/C26H24F3N3O3S/c1-25(2,33)21-6-4-3-5-18(21)16-9-12-22-23(13-16)31-24(30-22)20-14-19(20)15-7-10-17(11-8-15)32-36(34,35)26(27,28)29/h3-13,19-20,32-33H,14H2,1-2H3,(H,30,31). The molecule has 0 amide bonds. The van der Waals surface area contributed by atoms with Crippen LogP contribution in [-0.4, -0.2) is 29.0 Å². The van der Waals surface area contributed by atoms with Crippen LogP contribution in [0.3, 0.4) is 0 Å². The van der Waals surface area contributed by atoms with E-state index in [4.69, 9.17) is 4.98 Å². The zero-order valence-electron chi connectivity index (χ0n) is 19.5. The number of hydrogen-bond acceptors (Lipinski definition) is 4. The van der Waals surface area contributed by atoms with Crippen molar-refractivity contribution in [2.75, 3.05) is 4.72 Å². The summed E-state index contributed by atoms with van der Waals surface area (Å²) in [7, 11) is -5.45. The van der Waals surface area contributed by atoms with Crippen molar-refractivity contribution < 1.29 is 26.7 Å². The zero-order valence-corrected chi connectivity index (χ0v) is 20.3. The van der Waals surface area contributed by atoms with E-state index in [-0.39, 0.29) is 17.5 Å². The van der Waals surface area contributed by atoms with E-state index in [1.54, 1.807) is 30.7 Å². The minimum Gasteiger partial charge on any atom is -0.386 e. The number of aliphatic hydroxyl groups is 1. The predicted octanol–water partition coefficient (Wildman–Crippen LogP) is 5.99. The van der Waals surface area contributed by atoms with Gasteiger partial charge >= 0.3 is 15.5 Å². The highest BCUT2D eigenvalue weighted by molar-refractivity contribution is 7.93. The molecule has 188 valence electrons. The second-order valence-electron chi connectivity index (χ2n) is 9.58. The molecule has 0 aliphatic heterocycles. The molecule has 1 saturated carbocycles. The molecule has 1 heterocycles. The van der Waals surface area contributed by atoms with Gasteiger partial charge in [-0.25, -0.2) is 4.98 Å². The van der Waals surface area contributed by atoms with Crippen LogP contribution < -0.4 is 4.72 Å². The number of sulfonamides is 1. The molecule has 3 N–H and O–H groups in total. The van der Waals surface area contributed by atoms with E-state index in [2.05, 4.69) is 4.98 Å². The van der Waals surface area contributed by atoms with Crippen LogP contribution in [0.5, 0.6) is 0 Å². The molecule has 2 unspecified atom stereocenters. The quantitative estimate of drug-likeness (QED) is 0.294. The maximum Gasteiger partial charge on any atom is 0.516 e. The second-order valence-corrected chi connectivity index (χ2v) is 11.3. The Balaban J connectivity index is 1.35. The van der Waals surface area contributed by atoms with Crippen molar-refractivity contribution in [2.45, 2.75) is 43.2 Å². The fraction of sp³-hybridized carbons (Fsp3) is 0.269. The molecule has 0 saturated heterocycles. The van der Waals surface area contributed by atoms with E-state index in [0.29, 0.717) is 0 Å². The summed E-state index contributed by atoms with van der Waals surface area (Å²) in [6.07, 6.45) is 0.821. The topological polar surface area (TPSA) is 95.1 Å². The first-order valence-electron chi connectivity index (χ1n) is 11.3. The van der Waals surface area contributed by atoms with Gasteiger partial charge in [-0.3, -0.25) is 4.72 Å². The van der Waals surface area contributed by atoms with Crippen molar-refractivity contribution >= 4 is 26.7 Å². The van der Waals surface area contributed by atoms with Crippen LogP contribution >= 0.6 is 0 Å². The van der Waals surface area contributed by atoms with E-state index in [1.807, 2.05) is 42.5 Å². The lowest BCUT2D eigenvalue weighted by Crippen LogP contribution is -2.29. The maximum absolute atomic E-state index is 12.6. The maximum atomic E-state index is 12.6. The van der Waals surface area contributed by atoms with Crippen LogP contribution in [-0.2, 0) is 15.6 Å². The molecule has 2 atom stereocenters. The van der Waals surface area contributed by atoms with Crippen LogP contribution in [0.4, 0.5) is 18.9 Å². The second kappa shape index (κ2) is 8.35. The van der Waals surface area contributed by atoms with Crippen molar-refractivity contribution in [3.63, 3.8) is 0 Å². The molecule has 0 spiro atoms. The Hall–Kier alpha value is -3.37. The van der Waals surface area contributed by atoms with Crippen molar-refractivity contribution in [3.05, 3.63) is 83.7 Å². The van der Waals surface area contributed by atoms with Gasteiger partial charge < -0.3 is 10.1 Å². The van der Waals surface area contributed by atoms with Crippen LogP contribution in [0.1, 0.15) is 49.1 Å². The van der Waals surface area contributed by atoms with Crippen molar-refractivity contribution in [3.8, 4) is 11.1 Å². The fourth-order valence-electron chi connectivity index (χ4n) is 4.51. The van der Waals surface area contributed by atoms with Gasteiger partial charge in [-0.2, -0.15) is 21.6 Å². The van der Waals surface area contributed by atoms with E-state index in [0.717, 1.165) is 45.5 Å². The largest absolute Gasteiger partial charge is 0.516 e. The molecule has 10 heteroatoms. The van der Waals surface area contributed by atoms with Gasteiger partial charge in [-0.05, 0) is 72.7 Å². The van der Waals surface area contributed by atoms with Crippen LogP contribution in [0.15, 0.2) is 66.7 Å². The molecule has 1 aliphatic carbocycles. The molecule has 3 aromatic carbocycles. The van der Waals surface area contributed by atoms with E-state index in [1.165, 1.54) is 12.1 Å². The number of fused-ring (bicyclic) bond motifs is 1. The van der Waals surface area contributed by atoms with Gasteiger partial charge in [0, 0.05) is 11.6 Å². The monoisotopic (exact) mass is 515 g/mol. The Bertz CT molecular complexity index is 1540. The summed E-state index contributed by atoms with van der Waals surface area (Å²) in [6.45, 7) is 3.50. The SMILES string of the molecule is CC(C)(O)c1ccccc1-c1ccc2[nH]c(C3CC3c3ccc(NS(=O)(=O)C(F)(F)F)cc3)nc2c1. The fourth-order valence-corrected chi connectivity index (χ4v) is 5.08. The van der Waals surface area contributed by atoms with Gasteiger partial charge in [0.05, 0.1) is 16.6 Å². The highest BCUT2D eigenvalue weighted by atomic mass is 32.2. The van der Waals surface area contributed by atoms with E-state index < -0.39 is 21.1 Å².